The van der Waals surface area contributed by atoms with E-state index in [4.69, 9.17) is 9.15 Å². The van der Waals surface area contributed by atoms with Gasteiger partial charge in [-0.1, -0.05) is 0 Å². The van der Waals surface area contributed by atoms with Gasteiger partial charge in [0.2, 0.25) is 0 Å². The summed E-state index contributed by atoms with van der Waals surface area (Å²) in [6, 6.07) is 2.10. The van der Waals surface area contributed by atoms with E-state index in [9.17, 15) is 0 Å². The van der Waals surface area contributed by atoms with Crippen LogP contribution in [0.2, 0.25) is 0 Å². The number of aryl methyl sites for hydroxylation is 1. The molecule has 0 unspecified atom stereocenters. The van der Waals surface area contributed by atoms with Crippen LogP contribution >= 0.6 is 0 Å². The fourth-order valence-corrected chi connectivity index (χ4v) is 1.85. The van der Waals surface area contributed by atoms with Crippen molar-refractivity contribution in [1.82, 2.24) is 10.2 Å². The maximum absolute atomic E-state index is 5.73. The molecule has 0 aliphatic heterocycles. The Labute approximate surface area is 123 Å². The molecule has 0 saturated heterocycles. The molecule has 0 aliphatic carbocycles. The van der Waals surface area contributed by atoms with Gasteiger partial charge >= 0.3 is 0 Å². The minimum absolute atomic E-state index is 0.118. The van der Waals surface area contributed by atoms with Crippen LogP contribution in [-0.2, 0) is 17.9 Å². The molecule has 1 aromatic rings. The average molecular weight is 282 g/mol. The van der Waals surface area contributed by atoms with Crippen LogP contribution in [-0.4, -0.2) is 37.7 Å². The molecule has 4 heteroatoms. The van der Waals surface area contributed by atoms with Crippen molar-refractivity contribution in [3.05, 3.63) is 23.2 Å². The summed E-state index contributed by atoms with van der Waals surface area (Å²) < 4.78 is 11.4. The third-order valence-corrected chi connectivity index (χ3v) is 3.02. The van der Waals surface area contributed by atoms with E-state index in [0.29, 0.717) is 6.61 Å². The lowest BCUT2D eigenvalue weighted by Gasteiger charge is -2.20. The van der Waals surface area contributed by atoms with E-state index < -0.39 is 0 Å². The highest BCUT2D eigenvalue weighted by Crippen LogP contribution is 2.16. The van der Waals surface area contributed by atoms with E-state index in [1.807, 2.05) is 6.92 Å². The highest BCUT2D eigenvalue weighted by molar-refractivity contribution is 5.20. The number of rotatable bonds is 8. The standard InChI is InChI=1S/C16H30N2O2/c1-13-14(11-17-16(2,3)4)10-15(20-13)12-19-9-7-8-18(5)6/h10,17H,7-9,11-12H2,1-6H3. The van der Waals surface area contributed by atoms with Crippen molar-refractivity contribution in [3.63, 3.8) is 0 Å². The average Bonchev–Trinajstić information content (AvgIpc) is 2.65. The van der Waals surface area contributed by atoms with Gasteiger partial charge in [-0.3, -0.25) is 0 Å². The normalized spacial score (nSPS) is 12.3. The highest BCUT2D eigenvalue weighted by Gasteiger charge is 2.12. The molecule has 0 saturated carbocycles. The third kappa shape index (κ3) is 7.08. The summed E-state index contributed by atoms with van der Waals surface area (Å²) in [5, 5.41) is 3.47. The zero-order chi connectivity index (χ0) is 15.2. The van der Waals surface area contributed by atoms with Crippen LogP contribution in [0.5, 0.6) is 0 Å². The maximum Gasteiger partial charge on any atom is 0.130 e. The summed E-state index contributed by atoms with van der Waals surface area (Å²) >= 11 is 0. The van der Waals surface area contributed by atoms with Gasteiger partial charge < -0.3 is 19.4 Å². The summed E-state index contributed by atoms with van der Waals surface area (Å²) in [6.07, 6.45) is 1.05. The smallest absolute Gasteiger partial charge is 0.130 e. The summed E-state index contributed by atoms with van der Waals surface area (Å²) in [6.45, 7) is 11.7. The van der Waals surface area contributed by atoms with Gasteiger partial charge in [-0.25, -0.2) is 0 Å². The van der Waals surface area contributed by atoms with Crippen molar-refractivity contribution in [2.24, 2.45) is 0 Å². The van der Waals surface area contributed by atoms with Crippen LogP contribution in [0.15, 0.2) is 10.5 Å². The summed E-state index contributed by atoms with van der Waals surface area (Å²) in [7, 11) is 4.15. The first-order chi connectivity index (χ1) is 9.28. The van der Waals surface area contributed by atoms with E-state index in [-0.39, 0.29) is 5.54 Å². The molecule has 1 heterocycles. The number of ether oxygens (including phenoxy) is 1. The molecule has 0 spiro atoms. The topological polar surface area (TPSA) is 37.6 Å². The molecule has 4 nitrogen and oxygen atoms in total. The van der Waals surface area contributed by atoms with Crippen molar-refractivity contribution in [3.8, 4) is 0 Å². The second-order valence-corrected chi connectivity index (χ2v) is 6.61. The lowest BCUT2D eigenvalue weighted by atomic mass is 10.1. The molecule has 1 N–H and O–H groups in total. The van der Waals surface area contributed by atoms with Crippen molar-refractivity contribution < 1.29 is 9.15 Å². The molecule has 0 amide bonds. The largest absolute Gasteiger partial charge is 0.464 e. The molecule has 1 rings (SSSR count). The molecule has 20 heavy (non-hydrogen) atoms. The van der Waals surface area contributed by atoms with Gasteiger partial charge in [0.15, 0.2) is 0 Å². The Morgan fingerprint density at radius 1 is 1.30 bits per heavy atom. The van der Waals surface area contributed by atoms with E-state index in [1.54, 1.807) is 0 Å². The fourth-order valence-electron chi connectivity index (χ4n) is 1.85. The lowest BCUT2D eigenvalue weighted by molar-refractivity contribution is 0.0988. The summed E-state index contributed by atoms with van der Waals surface area (Å²) in [4.78, 5) is 2.16. The van der Waals surface area contributed by atoms with Crippen LogP contribution in [0.1, 0.15) is 44.3 Å². The van der Waals surface area contributed by atoms with Crippen LogP contribution in [0.3, 0.4) is 0 Å². The molecular weight excluding hydrogens is 252 g/mol. The predicted octanol–water partition coefficient (Wildman–Crippen LogP) is 2.94. The number of nitrogens with one attached hydrogen (secondary N) is 1. The molecule has 116 valence electrons. The third-order valence-electron chi connectivity index (χ3n) is 3.02. The highest BCUT2D eigenvalue weighted by atomic mass is 16.5. The molecule has 0 radical (unpaired) electrons. The zero-order valence-electron chi connectivity index (χ0n) is 13.9. The molecule has 0 bridgehead atoms. The van der Waals surface area contributed by atoms with Crippen LogP contribution in [0.4, 0.5) is 0 Å². The Bertz CT molecular complexity index is 392. The predicted molar refractivity (Wildman–Crippen MR) is 82.9 cm³/mol. The minimum Gasteiger partial charge on any atom is -0.464 e. The van der Waals surface area contributed by atoms with Crippen molar-refractivity contribution in [2.45, 2.75) is 52.8 Å². The second-order valence-electron chi connectivity index (χ2n) is 6.61. The van der Waals surface area contributed by atoms with Gasteiger partial charge in [0, 0.05) is 24.3 Å². The quantitative estimate of drug-likeness (QED) is 0.744. The molecule has 0 aliphatic rings. The van der Waals surface area contributed by atoms with Crippen molar-refractivity contribution in [1.29, 1.82) is 0 Å². The van der Waals surface area contributed by atoms with Crippen LogP contribution in [0, 0.1) is 6.92 Å². The number of hydrogen-bond acceptors (Lipinski definition) is 4. The van der Waals surface area contributed by atoms with Gasteiger partial charge in [-0.05, 0) is 60.8 Å². The molecule has 0 atom stereocenters. The first-order valence-corrected chi connectivity index (χ1v) is 7.33. The lowest BCUT2D eigenvalue weighted by Crippen LogP contribution is -2.35. The second kappa shape index (κ2) is 7.81. The fraction of sp³-hybridized carbons (Fsp3) is 0.750. The van der Waals surface area contributed by atoms with E-state index in [1.165, 1.54) is 5.56 Å². The SMILES string of the molecule is Cc1oc(COCCCN(C)C)cc1CNC(C)(C)C. The van der Waals surface area contributed by atoms with E-state index in [0.717, 1.165) is 37.6 Å². The number of furan rings is 1. The van der Waals surface area contributed by atoms with Gasteiger partial charge in [-0.15, -0.1) is 0 Å². The Kier molecular flexibility index (Phi) is 6.72. The van der Waals surface area contributed by atoms with E-state index in [2.05, 4.69) is 51.1 Å². The first kappa shape index (κ1) is 17.2. The van der Waals surface area contributed by atoms with Crippen molar-refractivity contribution >= 4 is 0 Å². The van der Waals surface area contributed by atoms with Crippen LogP contribution in [0.25, 0.3) is 0 Å². The monoisotopic (exact) mass is 282 g/mol. The Hall–Kier alpha value is -0.840. The van der Waals surface area contributed by atoms with Gasteiger partial charge in [-0.2, -0.15) is 0 Å². The molecule has 0 aromatic carbocycles. The number of hydrogen-bond donors (Lipinski definition) is 1. The first-order valence-electron chi connectivity index (χ1n) is 7.33. The van der Waals surface area contributed by atoms with Gasteiger partial charge in [0.05, 0.1) is 0 Å². The van der Waals surface area contributed by atoms with Gasteiger partial charge in [0.1, 0.15) is 18.1 Å². The van der Waals surface area contributed by atoms with Crippen molar-refractivity contribution in [2.75, 3.05) is 27.2 Å². The summed E-state index contributed by atoms with van der Waals surface area (Å²) in [5.74, 6) is 1.90. The minimum atomic E-state index is 0.118. The molecule has 0 fully saturated rings. The summed E-state index contributed by atoms with van der Waals surface area (Å²) in [5.41, 5.74) is 1.33. The van der Waals surface area contributed by atoms with E-state index >= 15 is 0 Å². The Morgan fingerprint density at radius 2 is 2.00 bits per heavy atom. The van der Waals surface area contributed by atoms with Crippen LogP contribution < -0.4 is 5.32 Å². The number of nitrogens with zero attached hydrogens (tertiary/aromatic N) is 1. The zero-order valence-corrected chi connectivity index (χ0v) is 13.9. The Morgan fingerprint density at radius 3 is 2.60 bits per heavy atom. The van der Waals surface area contributed by atoms with Gasteiger partial charge in [0.25, 0.3) is 0 Å². The molecular formula is C16H30N2O2. The Balaban J connectivity index is 2.33. The molecule has 1 aromatic heterocycles. The maximum atomic E-state index is 5.73.